The van der Waals surface area contributed by atoms with Crippen molar-refractivity contribution in [2.45, 2.75) is 161 Å². The van der Waals surface area contributed by atoms with Gasteiger partial charge in [0, 0.05) is 32.6 Å². The maximum Gasteiger partial charge on any atom is 0.306 e. The van der Waals surface area contributed by atoms with Crippen molar-refractivity contribution in [3.8, 4) is 0 Å². The number of carbonyl (C=O) groups is 2. The minimum absolute atomic E-state index is 0.109. The van der Waals surface area contributed by atoms with Gasteiger partial charge in [-0.15, -0.1) is 0 Å². The lowest BCUT2D eigenvalue weighted by Crippen LogP contribution is -2.27. The first-order chi connectivity index (χ1) is 27.6. The van der Waals surface area contributed by atoms with Gasteiger partial charge in [0.2, 0.25) is 0 Å². The Morgan fingerprint density at radius 1 is 0.446 bits per heavy atom. The van der Waals surface area contributed by atoms with Crippen LogP contribution in [0.4, 0.5) is 0 Å². The molecule has 0 saturated heterocycles. The quantitative estimate of drug-likeness (QED) is 0.0359. The zero-order valence-corrected chi connectivity index (χ0v) is 36.0. The highest BCUT2D eigenvalue weighted by atomic mass is 16.6. The van der Waals surface area contributed by atoms with Gasteiger partial charge in [-0.25, -0.2) is 0 Å². The molecule has 56 heavy (non-hydrogen) atoms. The second-order valence-corrected chi connectivity index (χ2v) is 14.3. The van der Waals surface area contributed by atoms with Gasteiger partial charge in [-0.3, -0.25) is 9.59 Å². The van der Waals surface area contributed by atoms with E-state index in [2.05, 4.69) is 26.0 Å². The number of allylic oxidation sites excluding steroid dienone is 2. The van der Waals surface area contributed by atoms with Gasteiger partial charge in [0.1, 0.15) is 19.3 Å². The van der Waals surface area contributed by atoms with Crippen LogP contribution in [0, 0.1) is 0 Å². The highest BCUT2D eigenvalue weighted by Crippen LogP contribution is 2.10. The van der Waals surface area contributed by atoms with Gasteiger partial charge < -0.3 is 43.6 Å². The summed E-state index contributed by atoms with van der Waals surface area (Å²) in [5.41, 5.74) is 5.40. The van der Waals surface area contributed by atoms with Gasteiger partial charge in [-0.1, -0.05) is 115 Å². The molecule has 0 spiro atoms. The number of carbonyl (C=O) groups excluding carboxylic acids is 2. The van der Waals surface area contributed by atoms with Gasteiger partial charge in [0.15, 0.2) is 0 Å². The molecule has 0 bridgehead atoms. The molecule has 0 aromatic rings. The highest BCUT2D eigenvalue weighted by Gasteiger charge is 2.11. The Morgan fingerprint density at radius 3 is 1.36 bits per heavy atom. The Labute approximate surface area is 342 Å². The van der Waals surface area contributed by atoms with Crippen LogP contribution in [0.3, 0.4) is 0 Å². The molecule has 0 radical (unpaired) electrons. The molecule has 11 heteroatoms. The fraction of sp³-hybridized carbons (Fsp3) is 0.867. The van der Waals surface area contributed by atoms with Crippen LogP contribution in [-0.4, -0.2) is 110 Å². The van der Waals surface area contributed by atoms with Crippen LogP contribution < -0.4 is 5.73 Å². The molecular weight excluding hydrogens is 714 g/mol. The van der Waals surface area contributed by atoms with Gasteiger partial charge >= 0.3 is 11.9 Å². The van der Waals surface area contributed by atoms with Crippen LogP contribution in [0.5, 0.6) is 0 Å². The van der Waals surface area contributed by atoms with E-state index in [0.717, 1.165) is 77.0 Å². The van der Waals surface area contributed by atoms with E-state index in [1.807, 2.05) is 12.2 Å². The van der Waals surface area contributed by atoms with Crippen molar-refractivity contribution in [2.75, 3.05) is 92.4 Å². The van der Waals surface area contributed by atoms with Crippen molar-refractivity contribution < 1.29 is 47.5 Å². The first-order valence-electron chi connectivity index (χ1n) is 22.5. The standard InChI is InChI=1S/C45H85NO10/c1-3-5-7-9-11-18-25-32-55-44(47)27-21-15-13-17-23-30-52-41-43(42-53-40-39-51-38-37-50-36-35-49-34-29-46)54-31-24-20-14-16-22-28-45(48)56-33-26-19-12-10-8-6-4-2/h18-19,25-26,43H,3-17,20-24,27-42,46H2,1-2H3/b25-18-,26-19-. The summed E-state index contributed by atoms with van der Waals surface area (Å²) in [6.45, 7) is 11.5. The molecule has 0 rings (SSSR count). The molecule has 0 fully saturated rings. The molecule has 0 aromatic heterocycles. The van der Waals surface area contributed by atoms with Crippen LogP contribution in [-0.2, 0) is 47.5 Å². The molecular formula is C45H85NO10. The van der Waals surface area contributed by atoms with Gasteiger partial charge in [-0.2, -0.15) is 0 Å². The number of hydrogen-bond donors (Lipinski definition) is 1. The third-order valence-corrected chi connectivity index (χ3v) is 9.00. The summed E-state index contributed by atoms with van der Waals surface area (Å²) >= 11 is 0. The van der Waals surface area contributed by atoms with Crippen molar-refractivity contribution >= 4 is 11.9 Å². The Kier molecular flexibility index (Phi) is 45.9. The average Bonchev–Trinajstić information content (AvgIpc) is 3.20. The first-order valence-corrected chi connectivity index (χ1v) is 22.5. The number of hydrogen-bond acceptors (Lipinski definition) is 11. The van der Waals surface area contributed by atoms with E-state index in [1.165, 1.54) is 51.4 Å². The molecule has 0 saturated carbocycles. The highest BCUT2D eigenvalue weighted by molar-refractivity contribution is 5.69. The zero-order chi connectivity index (χ0) is 40.7. The third-order valence-electron chi connectivity index (χ3n) is 9.00. The predicted molar refractivity (Wildman–Crippen MR) is 226 cm³/mol. The van der Waals surface area contributed by atoms with Crippen molar-refractivity contribution in [1.82, 2.24) is 0 Å². The van der Waals surface area contributed by atoms with Crippen LogP contribution in [0.25, 0.3) is 0 Å². The predicted octanol–water partition coefficient (Wildman–Crippen LogP) is 9.23. The van der Waals surface area contributed by atoms with Crippen molar-refractivity contribution in [3.05, 3.63) is 24.3 Å². The fourth-order valence-corrected chi connectivity index (χ4v) is 5.65. The molecule has 330 valence electrons. The summed E-state index contributed by atoms with van der Waals surface area (Å²) in [7, 11) is 0. The number of ether oxygens (including phenoxy) is 8. The monoisotopic (exact) mass is 800 g/mol. The van der Waals surface area contributed by atoms with Crippen molar-refractivity contribution in [3.63, 3.8) is 0 Å². The molecule has 11 nitrogen and oxygen atoms in total. The Hall–Kier alpha value is -1.86. The maximum absolute atomic E-state index is 12.0. The van der Waals surface area contributed by atoms with Crippen LogP contribution in [0.2, 0.25) is 0 Å². The Bertz CT molecular complexity index is 872. The second-order valence-electron chi connectivity index (χ2n) is 14.3. The molecule has 1 unspecified atom stereocenters. The van der Waals surface area contributed by atoms with Gasteiger partial charge in [-0.05, 0) is 51.4 Å². The molecule has 0 heterocycles. The second kappa shape index (κ2) is 47.5. The molecule has 0 aliphatic rings. The van der Waals surface area contributed by atoms with Crippen LogP contribution in [0.15, 0.2) is 24.3 Å². The largest absolute Gasteiger partial charge is 0.461 e. The van der Waals surface area contributed by atoms with Crippen molar-refractivity contribution in [1.29, 1.82) is 0 Å². The topological polar surface area (TPSA) is 134 Å². The summed E-state index contributed by atoms with van der Waals surface area (Å²) in [5, 5.41) is 0. The minimum atomic E-state index is -0.145. The van der Waals surface area contributed by atoms with E-state index in [4.69, 9.17) is 43.6 Å². The van der Waals surface area contributed by atoms with E-state index in [-0.39, 0.29) is 18.0 Å². The lowest BCUT2D eigenvalue weighted by Gasteiger charge is -2.18. The van der Waals surface area contributed by atoms with Crippen molar-refractivity contribution in [2.24, 2.45) is 5.73 Å². The van der Waals surface area contributed by atoms with Gasteiger partial charge in [0.05, 0.1) is 59.5 Å². The SMILES string of the molecule is CCCCCC/C=C\COC(=O)CCCCCCCOCC(COCCOCCOCCOCCN)OCCCCCCCC(=O)OC/C=C\CCCCCC. The molecule has 0 amide bonds. The summed E-state index contributed by atoms with van der Waals surface area (Å²) in [6.07, 6.45) is 31.0. The summed E-state index contributed by atoms with van der Waals surface area (Å²) in [5.74, 6) is -0.221. The first kappa shape index (κ1) is 54.1. The normalized spacial score (nSPS) is 12.3. The van der Waals surface area contributed by atoms with E-state index < -0.39 is 0 Å². The van der Waals surface area contributed by atoms with E-state index in [9.17, 15) is 9.59 Å². The number of rotatable bonds is 46. The Balaban J connectivity index is 4.11. The zero-order valence-electron chi connectivity index (χ0n) is 36.0. The molecule has 0 aliphatic carbocycles. The molecule has 2 N–H and O–H groups in total. The number of nitrogens with two attached hydrogens (primary N) is 1. The van der Waals surface area contributed by atoms with E-state index in [1.54, 1.807) is 0 Å². The van der Waals surface area contributed by atoms with Crippen LogP contribution >= 0.6 is 0 Å². The summed E-state index contributed by atoms with van der Waals surface area (Å²) in [6, 6.07) is 0. The summed E-state index contributed by atoms with van der Waals surface area (Å²) < 4.78 is 45.0. The number of unbranched alkanes of at least 4 members (excludes halogenated alkanes) is 16. The average molecular weight is 800 g/mol. The lowest BCUT2D eigenvalue weighted by molar-refractivity contribution is -0.143. The van der Waals surface area contributed by atoms with E-state index in [0.29, 0.717) is 105 Å². The van der Waals surface area contributed by atoms with Gasteiger partial charge in [0.25, 0.3) is 0 Å². The fourth-order valence-electron chi connectivity index (χ4n) is 5.65. The third kappa shape index (κ3) is 44.8. The van der Waals surface area contributed by atoms with Crippen LogP contribution in [0.1, 0.15) is 155 Å². The minimum Gasteiger partial charge on any atom is -0.461 e. The maximum atomic E-state index is 12.0. The number of esters is 2. The summed E-state index contributed by atoms with van der Waals surface area (Å²) in [4.78, 5) is 24.0. The molecule has 0 aliphatic heterocycles. The lowest BCUT2D eigenvalue weighted by atomic mass is 10.1. The Morgan fingerprint density at radius 2 is 0.857 bits per heavy atom. The smallest absolute Gasteiger partial charge is 0.306 e. The van der Waals surface area contributed by atoms with E-state index >= 15 is 0 Å². The molecule has 1 atom stereocenters. The molecule has 0 aromatic carbocycles.